The Morgan fingerprint density at radius 2 is 1.77 bits per heavy atom. The van der Waals surface area contributed by atoms with Crippen LogP contribution in [0.3, 0.4) is 0 Å². The molecule has 5 nitrogen and oxygen atoms in total. The maximum absolute atomic E-state index is 12.2. The average molecular weight is 330 g/mol. The Balaban J connectivity index is 2.74. The first-order valence-corrected chi connectivity index (χ1v) is 10.8. The van der Waals surface area contributed by atoms with Crippen LogP contribution in [0.2, 0.25) is 18.1 Å². The van der Waals surface area contributed by atoms with Crippen molar-refractivity contribution in [2.75, 3.05) is 6.61 Å². The Labute approximate surface area is 135 Å². The number of carbonyl (C=O) groups is 2. The lowest BCUT2D eigenvalue weighted by Gasteiger charge is -2.37. The average Bonchev–Trinajstić information content (AvgIpc) is 2.64. The highest BCUT2D eigenvalue weighted by Gasteiger charge is 2.42. The highest BCUT2D eigenvalue weighted by Crippen LogP contribution is 2.37. The van der Waals surface area contributed by atoms with Gasteiger partial charge in [-0.15, -0.1) is 0 Å². The van der Waals surface area contributed by atoms with Gasteiger partial charge in [-0.25, -0.2) is 9.69 Å². The first kappa shape index (κ1) is 19.2. The third kappa shape index (κ3) is 4.81. The summed E-state index contributed by atoms with van der Waals surface area (Å²) < 4.78 is 11.5. The van der Waals surface area contributed by atoms with E-state index in [1.807, 2.05) is 0 Å². The molecule has 1 unspecified atom stereocenters. The summed E-state index contributed by atoms with van der Waals surface area (Å²) in [6, 6.07) is -0.212. The van der Waals surface area contributed by atoms with Crippen molar-refractivity contribution in [2.24, 2.45) is 0 Å². The van der Waals surface area contributed by atoms with Crippen LogP contribution in [0.25, 0.3) is 0 Å². The molecule has 128 valence electrons. The van der Waals surface area contributed by atoms with Crippen molar-refractivity contribution in [3.05, 3.63) is 0 Å². The summed E-state index contributed by atoms with van der Waals surface area (Å²) >= 11 is 0. The number of amides is 2. The van der Waals surface area contributed by atoms with Crippen molar-refractivity contribution in [1.29, 1.82) is 0 Å². The zero-order valence-corrected chi connectivity index (χ0v) is 16.3. The van der Waals surface area contributed by atoms with Crippen LogP contribution in [-0.4, -0.2) is 43.5 Å². The normalized spacial score (nSPS) is 20.5. The molecule has 0 radical (unpaired) electrons. The van der Waals surface area contributed by atoms with Crippen LogP contribution in [0.4, 0.5) is 4.79 Å². The van der Waals surface area contributed by atoms with E-state index in [4.69, 9.17) is 9.16 Å². The molecule has 0 aromatic carbocycles. The molecule has 1 fully saturated rings. The van der Waals surface area contributed by atoms with Gasteiger partial charge in [0.2, 0.25) is 5.91 Å². The number of ether oxygens (including phenoxy) is 1. The molecular formula is C16H31NO4Si. The maximum atomic E-state index is 12.2. The first-order chi connectivity index (χ1) is 9.74. The standard InChI is InChI=1S/C16H31NO4Si/c1-15(2,3)21-14(19)17-12(9-10-13(17)18)11-20-22(7,8)16(4,5)6/h12H,9-11H2,1-8H3. The lowest BCUT2D eigenvalue weighted by molar-refractivity contribution is -0.128. The van der Waals surface area contributed by atoms with Gasteiger partial charge in [-0.3, -0.25) is 4.79 Å². The largest absolute Gasteiger partial charge is 0.443 e. The topological polar surface area (TPSA) is 55.8 Å². The molecule has 2 amide bonds. The second-order valence-electron chi connectivity index (χ2n) is 8.51. The van der Waals surface area contributed by atoms with Crippen LogP contribution >= 0.6 is 0 Å². The molecule has 0 aromatic heterocycles. The highest BCUT2D eigenvalue weighted by atomic mass is 28.4. The third-order valence-corrected chi connectivity index (χ3v) is 8.86. The number of hydrogen-bond donors (Lipinski definition) is 0. The fourth-order valence-electron chi connectivity index (χ4n) is 1.98. The molecule has 22 heavy (non-hydrogen) atoms. The van der Waals surface area contributed by atoms with Crippen LogP contribution < -0.4 is 0 Å². The molecule has 0 spiro atoms. The van der Waals surface area contributed by atoms with E-state index in [1.54, 1.807) is 20.8 Å². The van der Waals surface area contributed by atoms with E-state index >= 15 is 0 Å². The monoisotopic (exact) mass is 329 g/mol. The molecular weight excluding hydrogens is 298 g/mol. The molecule has 0 N–H and O–H groups in total. The predicted octanol–water partition coefficient (Wildman–Crippen LogP) is 3.93. The van der Waals surface area contributed by atoms with Gasteiger partial charge in [-0.2, -0.15) is 0 Å². The van der Waals surface area contributed by atoms with E-state index in [9.17, 15) is 9.59 Å². The van der Waals surface area contributed by atoms with Crippen molar-refractivity contribution in [1.82, 2.24) is 4.90 Å². The van der Waals surface area contributed by atoms with Crippen molar-refractivity contribution in [3.63, 3.8) is 0 Å². The summed E-state index contributed by atoms with van der Waals surface area (Å²) in [7, 11) is -1.90. The van der Waals surface area contributed by atoms with Gasteiger partial charge < -0.3 is 9.16 Å². The Morgan fingerprint density at radius 3 is 2.23 bits per heavy atom. The summed E-state index contributed by atoms with van der Waals surface area (Å²) in [5.41, 5.74) is -0.606. The van der Waals surface area contributed by atoms with E-state index in [2.05, 4.69) is 33.9 Å². The van der Waals surface area contributed by atoms with Crippen molar-refractivity contribution >= 4 is 20.3 Å². The molecule has 1 saturated heterocycles. The molecule has 1 aliphatic heterocycles. The minimum Gasteiger partial charge on any atom is -0.443 e. The highest BCUT2D eigenvalue weighted by molar-refractivity contribution is 6.74. The van der Waals surface area contributed by atoms with E-state index < -0.39 is 20.0 Å². The first-order valence-electron chi connectivity index (χ1n) is 7.93. The van der Waals surface area contributed by atoms with Gasteiger partial charge in [0.05, 0.1) is 12.6 Å². The van der Waals surface area contributed by atoms with Crippen LogP contribution in [0.1, 0.15) is 54.4 Å². The molecule has 0 aliphatic carbocycles. The Hall–Kier alpha value is -0.883. The summed E-state index contributed by atoms with van der Waals surface area (Å²) in [5.74, 6) is -0.168. The fourth-order valence-corrected chi connectivity index (χ4v) is 3.03. The second-order valence-corrected chi connectivity index (χ2v) is 13.3. The molecule has 0 aromatic rings. The molecule has 6 heteroatoms. The molecule has 0 saturated carbocycles. The minimum atomic E-state index is -1.90. The van der Waals surface area contributed by atoms with E-state index in [1.165, 1.54) is 4.90 Å². The zero-order chi connectivity index (χ0) is 17.3. The van der Waals surface area contributed by atoms with Crippen molar-refractivity contribution < 1.29 is 18.8 Å². The predicted molar refractivity (Wildman–Crippen MR) is 89.3 cm³/mol. The van der Waals surface area contributed by atoms with Gasteiger partial charge in [-0.1, -0.05) is 20.8 Å². The van der Waals surface area contributed by atoms with Crippen molar-refractivity contribution in [3.8, 4) is 0 Å². The SMILES string of the molecule is CC(C)(C)OC(=O)N1C(=O)CCC1CO[Si](C)(C)C(C)(C)C. The number of imide groups is 1. The van der Waals surface area contributed by atoms with E-state index in [0.29, 0.717) is 19.4 Å². The number of hydrogen-bond acceptors (Lipinski definition) is 4. The third-order valence-electron chi connectivity index (χ3n) is 4.36. The molecule has 0 bridgehead atoms. The quantitative estimate of drug-likeness (QED) is 0.736. The number of nitrogens with zero attached hydrogens (tertiary/aromatic N) is 1. The van der Waals surface area contributed by atoms with Gasteiger partial charge in [0.25, 0.3) is 0 Å². The molecule has 1 aliphatic rings. The summed E-state index contributed by atoms with van der Waals surface area (Å²) in [6.07, 6.45) is 0.469. The summed E-state index contributed by atoms with van der Waals surface area (Å²) in [6.45, 7) is 16.6. The van der Waals surface area contributed by atoms with Crippen LogP contribution in [-0.2, 0) is 14.0 Å². The minimum absolute atomic E-state index is 0.104. The Bertz CT molecular complexity index is 434. The van der Waals surface area contributed by atoms with Crippen LogP contribution in [0.5, 0.6) is 0 Å². The van der Waals surface area contributed by atoms with Gasteiger partial charge in [0.1, 0.15) is 5.60 Å². The van der Waals surface area contributed by atoms with E-state index in [-0.39, 0.29) is 17.0 Å². The molecule has 1 atom stereocenters. The molecule has 1 rings (SSSR count). The zero-order valence-electron chi connectivity index (χ0n) is 15.3. The number of rotatable bonds is 3. The fraction of sp³-hybridized carbons (Fsp3) is 0.875. The van der Waals surface area contributed by atoms with Gasteiger partial charge in [0, 0.05) is 6.42 Å². The lowest BCUT2D eigenvalue weighted by atomic mass is 10.2. The van der Waals surface area contributed by atoms with Crippen LogP contribution in [0.15, 0.2) is 0 Å². The maximum Gasteiger partial charge on any atom is 0.417 e. The van der Waals surface area contributed by atoms with Gasteiger partial charge >= 0.3 is 6.09 Å². The smallest absolute Gasteiger partial charge is 0.417 e. The summed E-state index contributed by atoms with van der Waals surface area (Å²) in [4.78, 5) is 25.5. The van der Waals surface area contributed by atoms with E-state index in [0.717, 1.165) is 0 Å². The summed E-state index contributed by atoms with van der Waals surface area (Å²) in [5, 5.41) is 0.104. The number of likely N-dealkylation sites (tertiary alicyclic amines) is 1. The van der Waals surface area contributed by atoms with Gasteiger partial charge in [0.15, 0.2) is 8.32 Å². The lowest BCUT2D eigenvalue weighted by Crippen LogP contribution is -2.48. The van der Waals surface area contributed by atoms with Crippen molar-refractivity contribution in [2.45, 2.75) is 84.2 Å². The Morgan fingerprint density at radius 1 is 1.23 bits per heavy atom. The number of carbonyl (C=O) groups excluding carboxylic acids is 2. The van der Waals surface area contributed by atoms with Gasteiger partial charge in [-0.05, 0) is 45.3 Å². The van der Waals surface area contributed by atoms with Crippen LogP contribution in [0, 0.1) is 0 Å². The Kier molecular flexibility index (Phi) is 5.50. The second kappa shape index (κ2) is 6.32. The molecule has 1 heterocycles.